The molecule has 0 bridgehead atoms. The molecule has 0 spiro atoms. The fourth-order valence-electron chi connectivity index (χ4n) is 2.04. The van der Waals surface area contributed by atoms with Gasteiger partial charge < -0.3 is 5.73 Å². The molecular formula is C15H17FN2O2S. The smallest absolute Gasteiger partial charge is 0.233 e. The Hall–Kier alpha value is -2.08. The second kappa shape index (κ2) is 6.13. The van der Waals surface area contributed by atoms with E-state index in [0.717, 1.165) is 17.7 Å². The fraction of sp³-hybridized carbons (Fsp3) is 0.200. The van der Waals surface area contributed by atoms with Crippen LogP contribution in [0.25, 0.3) is 0 Å². The molecule has 21 heavy (non-hydrogen) atoms. The van der Waals surface area contributed by atoms with E-state index in [4.69, 9.17) is 5.73 Å². The lowest BCUT2D eigenvalue weighted by atomic mass is 10.0. The van der Waals surface area contributed by atoms with Crippen molar-refractivity contribution in [1.29, 1.82) is 0 Å². The van der Waals surface area contributed by atoms with E-state index in [-0.39, 0.29) is 23.0 Å². The topological polar surface area (TPSA) is 72.2 Å². The van der Waals surface area contributed by atoms with Crippen molar-refractivity contribution in [1.82, 2.24) is 0 Å². The van der Waals surface area contributed by atoms with E-state index in [2.05, 4.69) is 4.72 Å². The van der Waals surface area contributed by atoms with Crippen molar-refractivity contribution >= 4 is 21.4 Å². The molecule has 0 amide bonds. The minimum atomic E-state index is -3.57. The number of halogens is 1. The molecule has 0 aliphatic rings. The van der Waals surface area contributed by atoms with Crippen LogP contribution in [0.15, 0.2) is 48.5 Å². The van der Waals surface area contributed by atoms with Gasteiger partial charge in [-0.3, -0.25) is 4.72 Å². The van der Waals surface area contributed by atoms with Crippen molar-refractivity contribution in [2.45, 2.75) is 12.8 Å². The highest BCUT2D eigenvalue weighted by atomic mass is 32.2. The van der Waals surface area contributed by atoms with Crippen LogP contribution >= 0.6 is 0 Å². The van der Waals surface area contributed by atoms with Gasteiger partial charge in [0.15, 0.2) is 0 Å². The average molecular weight is 308 g/mol. The Morgan fingerprint density at radius 1 is 1.19 bits per heavy atom. The van der Waals surface area contributed by atoms with Gasteiger partial charge in [-0.15, -0.1) is 0 Å². The molecule has 0 saturated heterocycles. The first-order valence-electron chi connectivity index (χ1n) is 6.48. The molecule has 2 aromatic rings. The second-order valence-corrected chi connectivity index (χ2v) is 6.69. The normalized spacial score (nSPS) is 12.9. The zero-order valence-corrected chi connectivity index (χ0v) is 12.4. The Bertz CT molecular complexity index is 718. The van der Waals surface area contributed by atoms with Crippen molar-refractivity contribution in [3.8, 4) is 0 Å². The number of nitrogens with two attached hydrogens (primary N) is 1. The summed E-state index contributed by atoms with van der Waals surface area (Å²) in [6.45, 7) is 1.84. The number of rotatable bonds is 5. The molecule has 4 nitrogen and oxygen atoms in total. The molecule has 3 N–H and O–H groups in total. The molecule has 1 atom stereocenters. The Kier molecular flexibility index (Phi) is 4.47. The minimum absolute atomic E-state index is 0.0611. The van der Waals surface area contributed by atoms with E-state index in [1.54, 1.807) is 0 Å². The third kappa shape index (κ3) is 4.19. The van der Waals surface area contributed by atoms with Crippen LogP contribution in [0.3, 0.4) is 0 Å². The number of nitrogen functional groups attached to an aromatic ring is 1. The van der Waals surface area contributed by atoms with Crippen LogP contribution in [0.2, 0.25) is 0 Å². The number of nitrogens with one attached hydrogen (secondary N) is 1. The first-order valence-corrected chi connectivity index (χ1v) is 8.13. The number of benzene rings is 2. The predicted octanol–water partition coefficient (Wildman–Crippen LogP) is 2.95. The third-order valence-electron chi connectivity index (χ3n) is 3.12. The van der Waals surface area contributed by atoms with Crippen LogP contribution in [0, 0.1) is 5.82 Å². The van der Waals surface area contributed by atoms with Gasteiger partial charge in [-0.1, -0.05) is 37.3 Å². The van der Waals surface area contributed by atoms with Crippen LogP contribution in [0.1, 0.15) is 18.4 Å². The Balaban J connectivity index is 2.12. The summed E-state index contributed by atoms with van der Waals surface area (Å²) < 4.78 is 39.7. The van der Waals surface area contributed by atoms with Crippen molar-refractivity contribution in [3.05, 3.63) is 59.9 Å². The lowest BCUT2D eigenvalue weighted by Crippen LogP contribution is -2.21. The van der Waals surface area contributed by atoms with Crippen molar-refractivity contribution in [2.24, 2.45) is 0 Å². The van der Waals surface area contributed by atoms with Gasteiger partial charge in [-0.2, -0.15) is 0 Å². The highest BCUT2D eigenvalue weighted by molar-refractivity contribution is 7.92. The number of hydrogen-bond acceptors (Lipinski definition) is 3. The maximum atomic E-state index is 13.0. The molecule has 0 aliphatic carbocycles. The molecular weight excluding hydrogens is 291 g/mol. The lowest BCUT2D eigenvalue weighted by molar-refractivity contribution is 0.595. The maximum Gasteiger partial charge on any atom is 0.233 e. The molecule has 112 valence electrons. The van der Waals surface area contributed by atoms with E-state index in [1.807, 2.05) is 37.3 Å². The van der Waals surface area contributed by atoms with Crippen LogP contribution in [-0.4, -0.2) is 14.2 Å². The van der Waals surface area contributed by atoms with Gasteiger partial charge in [0.05, 0.1) is 17.1 Å². The standard InChI is InChI=1S/C15H17FN2O2S/c1-11(12-5-3-2-4-6-12)10-21(19,20)18-15-8-7-13(16)9-14(15)17/h2-9,11,18H,10,17H2,1H3. The van der Waals surface area contributed by atoms with Crippen LogP contribution < -0.4 is 10.5 Å². The van der Waals surface area contributed by atoms with Crippen molar-refractivity contribution in [3.63, 3.8) is 0 Å². The maximum absolute atomic E-state index is 13.0. The fourth-order valence-corrected chi connectivity index (χ4v) is 3.50. The minimum Gasteiger partial charge on any atom is -0.397 e. The van der Waals surface area contributed by atoms with Gasteiger partial charge in [-0.05, 0) is 29.7 Å². The molecule has 1 unspecified atom stereocenters. The molecule has 0 aliphatic heterocycles. The highest BCUT2D eigenvalue weighted by Crippen LogP contribution is 2.23. The van der Waals surface area contributed by atoms with Crippen molar-refractivity contribution < 1.29 is 12.8 Å². The average Bonchev–Trinajstić information content (AvgIpc) is 2.42. The summed E-state index contributed by atoms with van der Waals surface area (Å²) in [4.78, 5) is 0. The van der Waals surface area contributed by atoms with Crippen LogP contribution in [-0.2, 0) is 10.0 Å². The van der Waals surface area contributed by atoms with Crippen LogP contribution in [0.4, 0.5) is 15.8 Å². The molecule has 0 saturated carbocycles. The zero-order valence-electron chi connectivity index (χ0n) is 11.6. The van der Waals surface area contributed by atoms with E-state index in [1.165, 1.54) is 6.07 Å². The summed E-state index contributed by atoms with van der Waals surface area (Å²) in [5.41, 5.74) is 6.80. The summed E-state index contributed by atoms with van der Waals surface area (Å²) >= 11 is 0. The zero-order chi connectivity index (χ0) is 15.5. The Labute approximate surface area is 123 Å². The van der Waals surface area contributed by atoms with Gasteiger partial charge in [0.2, 0.25) is 10.0 Å². The van der Waals surface area contributed by atoms with Gasteiger partial charge in [0, 0.05) is 0 Å². The monoisotopic (exact) mass is 308 g/mol. The molecule has 0 heterocycles. The van der Waals surface area contributed by atoms with E-state index < -0.39 is 15.8 Å². The number of sulfonamides is 1. The highest BCUT2D eigenvalue weighted by Gasteiger charge is 2.18. The lowest BCUT2D eigenvalue weighted by Gasteiger charge is -2.15. The molecule has 0 fully saturated rings. The predicted molar refractivity (Wildman–Crippen MR) is 83.1 cm³/mol. The first-order chi connectivity index (χ1) is 9.87. The first kappa shape index (κ1) is 15.3. The summed E-state index contributed by atoms with van der Waals surface area (Å²) in [6, 6.07) is 12.9. The van der Waals surface area contributed by atoms with E-state index in [9.17, 15) is 12.8 Å². The SMILES string of the molecule is CC(CS(=O)(=O)Nc1ccc(F)cc1N)c1ccccc1. The number of anilines is 2. The van der Waals surface area contributed by atoms with Gasteiger partial charge in [0.1, 0.15) is 5.82 Å². The molecule has 0 aromatic heterocycles. The number of hydrogen-bond donors (Lipinski definition) is 2. The summed E-state index contributed by atoms with van der Waals surface area (Å²) in [7, 11) is -3.57. The molecule has 2 rings (SSSR count). The Morgan fingerprint density at radius 3 is 2.48 bits per heavy atom. The van der Waals surface area contributed by atoms with Gasteiger partial charge in [0.25, 0.3) is 0 Å². The molecule has 2 aromatic carbocycles. The summed E-state index contributed by atoms with van der Waals surface area (Å²) in [6.07, 6.45) is 0. The summed E-state index contributed by atoms with van der Waals surface area (Å²) in [5, 5.41) is 0. The van der Waals surface area contributed by atoms with Crippen molar-refractivity contribution in [2.75, 3.05) is 16.2 Å². The second-order valence-electron chi connectivity index (χ2n) is 4.93. The molecule has 6 heteroatoms. The van der Waals surface area contributed by atoms with Crippen LogP contribution in [0.5, 0.6) is 0 Å². The summed E-state index contributed by atoms with van der Waals surface area (Å²) in [5.74, 6) is -0.744. The van der Waals surface area contributed by atoms with E-state index in [0.29, 0.717) is 0 Å². The van der Waals surface area contributed by atoms with E-state index >= 15 is 0 Å². The Morgan fingerprint density at radius 2 is 1.86 bits per heavy atom. The largest absolute Gasteiger partial charge is 0.397 e. The third-order valence-corrected chi connectivity index (χ3v) is 4.59. The quantitative estimate of drug-likeness (QED) is 0.834. The van der Waals surface area contributed by atoms with Gasteiger partial charge in [-0.25, -0.2) is 12.8 Å². The van der Waals surface area contributed by atoms with Gasteiger partial charge >= 0.3 is 0 Å². The molecule has 0 radical (unpaired) electrons.